The number of carbonyl (C=O) groups excluding carboxylic acids is 1. The number of nitrogens with one attached hydrogen (secondary N) is 1. The molecule has 9 heteroatoms. The van der Waals surface area contributed by atoms with Crippen LogP contribution < -0.4 is 15.9 Å². The van der Waals surface area contributed by atoms with Crippen LogP contribution in [-0.2, 0) is 0 Å². The number of hydrogen-bond donors (Lipinski definition) is 3. The van der Waals surface area contributed by atoms with Gasteiger partial charge >= 0.3 is 5.69 Å². The number of aromatic hydroxyl groups is 1. The lowest BCUT2D eigenvalue weighted by Crippen LogP contribution is -2.17. The summed E-state index contributed by atoms with van der Waals surface area (Å²) >= 11 is 0. The molecule has 9 nitrogen and oxygen atoms in total. The SMILES string of the molecule is CCOc1cc(/C=N\NC(=O)c2ccc(N)cc2)cc([N+](=O)[O-])c1O. The van der Waals surface area contributed by atoms with Crippen LogP contribution >= 0.6 is 0 Å². The van der Waals surface area contributed by atoms with Crippen molar-refractivity contribution in [3.63, 3.8) is 0 Å². The lowest BCUT2D eigenvalue weighted by molar-refractivity contribution is -0.386. The molecule has 2 aromatic carbocycles. The summed E-state index contributed by atoms with van der Waals surface area (Å²) in [7, 11) is 0. The third-order valence-corrected chi connectivity index (χ3v) is 3.13. The highest BCUT2D eigenvalue weighted by Crippen LogP contribution is 2.36. The van der Waals surface area contributed by atoms with E-state index >= 15 is 0 Å². The van der Waals surface area contributed by atoms with Crippen LogP contribution in [0.3, 0.4) is 0 Å². The molecular formula is C16H16N4O5. The molecule has 0 heterocycles. The highest BCUT2D eigenvalue weighted by Gasteiger charge is 2.19. The average Bonchev–Trinajstić information content (AvgIpc) is 2.58. The van der Waals surface area contributed by atoms with Gasteiger partial charge in [-0.05, 0) is 37.3 Å². The number of nitrogens with zero attached hydrogens (tertiary/aromatic N) is 2. The summed E-state index contributed by atoms with van der Waals surface area (Å²) in [5, 5.41) is 24.6. The molecule has 0 bridgehead atoms. The maximum Gasteiger partial charge on any atom is 0.315 e. The highest BCUT2D eigenvalue weighted by atomic mass is 16.6. The molecular weight excluding hydrogens is 328 g/mol. The maximum absolute atomic E-state index is 11.9. The molecule has 0 aromatic heterocycles. The summed E-state index contributed by atoms with van der Waals surface area (Å²) in [6.45, 7) is 1.90. The monoisotopic (exact) mass is 344 g/mol. The number of rotatable bonds is 6. The number of nitrogens with two attached hydrogens (primary N) is 1. The Morgan fingerprint density at radius 1 is 1.40 bits per heavy atom. The number of nitro benzene ring substituents is 1. The molecule has 0 radical (unpaired) electrons. The molecule has 1 amide bonds. The normalized spacial score (nSPS) is 10.6. The van der Waals surface area contributed by atoms with Crippen molar-refractivity contribution in [2.75, 3.05) is 12.3 Å². The minimum Gasteiger partial charge on any atom is -0.500 e. The Hall–Kier alpha value is -3.62. The van der Waals surface area contributed by atoms with Crippen LogP contribution in [0.5, 0.6) is 11.5 Å². The fraction of sp³-hybridized carbons (Fsp3) is 0.125. The molecule has 0 spiro atoms. The van der Waals surface area contributed by atoms with Crippen LogP contribution in [0.4, 0.5) is 11.4 Å². The zero-order valence-electron chi connectivity index (χ0n) is 13.3. The lowest BCUT2D eigenvalue weighted by atomic mass is 10.2. The second-order valence-electron chi connectivity index (χ2n) is 4.90. The van der Waals surface area contributed by atoms with E-state index in [2.05, 4.69) is 10.5 Å². The molecule has 130 valence electrons. The average molecular weight is 344 g/mol. The summed E-state index contributed by atoms with van der Waals surface area (Å²) in [5.41, 5.74) is 8.50. The standard InChI is InChI=1S/C16H16N4O5/c1-2-25-14-8-10(7-13(15(14)21)20(23)24)9-18-19-16(22)11-3-5-12(17)6-4-11/h3-9,21H,2,17H2,1H3,(H,19,22)/b18-9-. The summed E-state index contributed by atoms with van der Waals surface area (Å²) in [6.07, 6.45) is 1.21. The third kappa shape index (κ3) is 4.44. The molecule has 0 aliphatic rings. The van der Waals surface area contributed by atoms with E-state index in [0.29, 0.717) is 11.3 Å². The van der Waals surface area contributed by atoms with Crippen LogP contribution in [0.15, 0.2) is 41.5 Å². The highest BCUT2D eigenvalue weighted by molar-refractivity contribution is 5.95. The molecule has 0 fully saturated rings. The van der Waals surface area contributed by atoms with Crippen molar-refractivity contribution in [1.29, 1.82) is 0 Å². The van der Waals surface area contributed by atoms with Gasteiger partial charge in [0, 0.05) is 22.9 Å². The van der Waals surface area contributed by atoms with Gasteiger partial charge in [-0.3, -0.25) is 14.9 Å². The fourth-order valence-electron chi connectivity index (χ4n) is 1.96. The van der Waals surface area contributed by atoms with Gasteiger partial charge in [0.1, 0.15) is 0 Å². The molecule has 0 aliphatic carbocycles. The number of nitro groups is 1. The molecule has 0 aliphatic heterocycles. The van der Waals surface area contributed by atoms with Gasteiger partial charge in [-0.25, -0.2) is 5.43 Å². The van der Waals surface area contributed by atoms with Crippen LogP contribution in [0.1, 0.15) is 22.8 Å². The van der Waals surface area contributed by atoms with Gasteiger partial charge in [0.25, 0.3) is 5.91 Å². The number of phenolic OH excluding ortho intramolecular Hbond substituents is 1. The number of hydrogen-bond acceptors (Lipinski definition) is 7. The van der Waals surface area contributed by atoms with Crippen molar-refractivity contribution in [2.45, 2.75) is 6.92 Å². The van der Waals surface area contributed by atoms with E-state index < -0.39 is 22.3 Å². The Kier molecular flexibility index (Phi) is 5.51. The maximum atomic E-state index is 11.9. The summed E-state index contributed by atoms with van der Waals surface area (Å²) in [6, 6.07) is 8.74. The van der Waals surface area contributed by atoms with Gasteiger partial charge in [-0.1, -0.05) is 0 Å². The van der Waals surface area contributed by atoms with Gasteiger partial charge in [0.05, 0.1) is 17.7 Å². The zero-order chi connectivity index (χ0) is 18.4. The number of anilines is 1. The summed E-state index contributed by atoms with van der Waals surface area (Å²) < 4.78 is 5.16. The minimum atomic E-state index is -0.734. The number of amides is 1. The number of carbonyl (C=O) groups is 1. The Labute approximate surface area is 142 Å². The van der Waals surface area contributed by atoms with Crippen molar-refractivity contribution < 1.29 is 19.6 Å². The van der Waals surface area contributed by atoms with Crippen molar-refractivity contribution in [1.82, 2.24) is 5.43 Å². The molecule has 25 heavy (non-hydrogen) atoms. The van der Waals surface area contributed by atoms with E-state index in [1.165, 1.54) is 12.3 Å². The second kappa shape index (κ2) is 7.77. The fourth-order valence-corrected chi connectivity index (χ4v) is 1.96. The van der Waals surface area contributed by atoms with E-state index in [1.807, 2.05) is 0 Å². The Morgan fingerprint density at radius 3 is 2.68 bits per heavy atom. The summed E-state index contributed by atoms with van der Waals surface area (Å²) in [4.78, 5) is 22.2. The predicted molar refractivity (Wildman–Crippen MR) is 91.8 cm³/mol. The molecule has 2 aromatic rings. The molecule has 0 unspecified atom stereocenters. The van der Waals surface area contributed by atoms with Crippen molar-refractivity contribution in [2.24, 2.45) is 5.10 Å². The Morgan fingerprint density at radius 2 is 2.08 bits per heavy atom. The molecule has 2 rings (SSSR count). The van der Waals surface area contributed by atoms with Gasteiger partial charge in [-0.2, -0.15) is 5.10 Å². The van der Waals surface area contributed by atoms with Crippen LogP contribution in [-0.4, -0.2) is 28.8 Å². The first-order valence-electron chi connectivity index (χ1n) is 7.25. The Balaban J connectivity index is 2.18. The van der Waals surface area contributed by atoms with Gasteiger partial charge in [-0.15, -0.1) is 0 Å². The number of ether oxygens (including phenoxy) is 1. The predicted octanol–water partition coefficient (Wildman–Crippen LogP) is 2.05. The van der Waals surface area contributed by atoms with Gasteiger partial charge < -0.3 is 15.6 Å². The molecule has 0 atom stereocenters. The number of nitrogen functional groups attached to an aromatic ring is 1. The van der Waals surface area contributed by atoms with Gasteiger partial charge in [0.15, 0.2) is 5.75 Å². The smallest absolute Gasteiger partial charge is 0.315 e. The minimum absolute atomic E-state index is 0.0389. The Bertz CT molecular complexity index is 818. The quantitative estimate of drug-likeness (QED) is 0.317. The first-order chi connectivity index (χ1) is 11.9. The molecule has 4 N–H and O–H groups in total. The van der Waals surface area contributed by atoms with E-state index in [4.69, 9.17) is 10.5 Å². The van der Waals surface area contributed by atoms with Gasteiger partial charge in [0.2, 0.25) is 5.75 Å². The van der Waals surface area contributed by atoms with Crippen molar-refractivity contribution in [3.8, 4) is 11.5 Å². The van der Waals surface area contributed by atoms with Crippen molar-refractivity contribution >= 4 is 23.5 Å². The number of hydrazone groups is 1. The van der Waals surface area contributed by atoms with E-state index in [9.17, 15) is 20.0 Å². The number of benzene rings is 2. The molecule has 0 saturated heterocycles. The summed E-state index contributed by atoms with van der Waals surface area (Å²) in [5.74, 6) is -1.06. The third-order valence-electron chi connectivity index (χ3n) is 3.13. The van der Waals surface area contributed by atoms with E-state index in [-0.39, 0.29) is 17.9 Å². The van der Waals surface area contributed by atoms with Crippen molar-refractivity contribution in [3.05, 3.63) is 57.6 Å². The first-order valence-corrected chi connectivity index (χ1v) is 7.25. The topological polar surface area (TPSA) is 140 Å². The zero-order valence-corrected chi connectivity index (χ0v) is 13.3. The number of phenols is 1. The molecule has 0 saturated carbocycles. The van der Waals surface area contributed by atoms with E-state index in [0.717, 1.165) is 6.07 Å². The lowest BCUT2D eigenvalue weighted by Gasteiger charge is -2.07. The van der Waals surface area contributed by atoms with Crippen LogP contribution in [0, 0.1) is 10.1 Å². The van der Waals surface area contributed by atoms with Crippen LogP contribution in [0.25, 0.3) is 0 Å². The first kappa shape index (κ1) is 17.7. The second-order valence-corrected chi connectivity index (χ2v) is 4.90. The van der Waals surface area contributed by atoms with E-state index in [1.54, 1.807) is 31.2 Å². The largest absolute Gasteiger partial charge is 0.500 e. The van der Waals surface area contributed by atoms with Crippen LogP contribution in [0.2, 0.25) is 0 Å².